The average molecular weight is 337 g/mol. The highest BCUT2D eigenvalue weighted by molar-refractivity contribution is 6.44. The van der Waals surface area contributed by atoms with Gasteiger partial charge in [-0.15, -0.1) is 0 Å². The van der Waals surface area contributed by atoms with Crippen LogP contribution in [0.25, 0.3) is 10.9 Å². The fraction of sp³-hybridized carbons (Fsp3) is 0.368. The predicted molar refractivity (Wildman–Crippen MR) is 91.4 cm³/mol. The van der Waals surface area contributed by atoms with Gasteiger partial charge in [-0.1, -0.05) is 43.5 Å². The first-order valence-corrected chi connectivity index (χ1v) is 8.68. The predicted octanol–water partition coefficient (Wildman–Crippen LogP) is 2.86. The van der Waals surface area contributed by atoms with Crippen molar-refractivity contribution in [3.8, 4) is 0 Å². The van der Waals surface area contributed by atoms with E-state index in [-0.39, 0.29) is 12.6 Å². The van der Waals surface area contributed by atoms with Crippen LogP contribution in [0.15, 0.2) is 36.5 Å². The van der Waals surface area contributed by atoms with Crippen molar-refractivity contribution in [3.63, 3.8) is 0 Å². The SMILES string of the molecule is O=C1C(=O)N(C2CCCCC2)C(=O)N1Cc1cccc2cccnc12. The molecule has 6 nitrogen and oxygen atoms in total. The van der Waals surface area contributed by atoms with Crippen molar-refractivity contribution in [2.45, 2.75) is 44.7 Å². The van der Waals surface area contributed by atoms with Gasteiger partial charge in [0.05, 0.1) is 12.1 Å². The molecule has 128 valence electrons. The van der Waals surface area contributed by atoms with E-state index in [0.717, 1.165) is 53.5 Å². The van der Waals surface area contributed by atoms with Crippen LogP contribution in [0.4, 0.5) is 4.79 Å². The number of amides is 4. The Morgan fingerprint density at radius 1 is 0.960 bits per heavy atom. The Hall–Kier alpha value is -2.76. The van der Waals surface area contributed by atoms with E-state index in [1.54, 1.807) is 6.20 Å². The number of pyridine rings is 1. The molecule has 2 fully saturated rings. The number of urea groups is 1. The van der Waals surface area contributed by atoms with E-state index in [2.05, 4.69) is 4.98 Å². The van der Waals surface area contributed by atoms with Crippen LogP contribution in [-0.2, 0) is 16.1 Å². The second kappa shape index (κ2) is 6.27. The number of fused-ring (bicyclic) bond motifs is 1. The molecule has 6 heteroatoms. The average Bonchev–Trinajstić information content (AvgIpc) is 2.86. The maximum Gasteiger partial charge on any atom is 0.334 e. The first-order valence-electron chi connectivity index (χ1n) is 8.68. The molecule has 1 aliphatic heterocycles. The number of benzene rings is 1. The zero-order valence-electron chi connectivity index (χ0n) is 13.9. The van der Waals surface area contributed by atoms with Crippen LogP contribution in [-0.4, -0.2) is 38.7 Å². The van der Waals surface area contributed by atoms with Crippen molar-refractivity contribution in [2.75, 3.05) is 0 Å². The summed E-state index contributed by atoms with van der Waals surface area (Å²) in [5.41, 5.74) is 1.51. The van der Waals surface area contributed by atoms with Crippen molar-refractivity contribution >= 4 is 28.7 Å². The van der Waals surface area contributed by atoms with E-state index in [1.165, 1.54) is 4.90 Å². The first kappa shape index (κ1) is 15.7. The van der Waals surface area contributed by atoms with E-state index in [9.17, 15) is 14.4 Å². The molecule has 1 aromatic heterocycles. The quantitative estimate of drug-likeness (QED) is 0.638. The van der Waals surface area contributed by atoms with Gasteiger partial charge in [-0.25, -0.2) is 4.79 Å². The molecule has 1 saturated heterocycles. The Bertz CT molecular complexity index is 853. The minimum absolute atomic E-state index is 0.0704. The smallest absolute Gasteiger partial charge is 0.263 e. The highest BCUT2D eigenvalue weighted by Crippen LogP contribution is 2.28. The molecular formula is C19H19N3O3. The van der Waals surface area contributed by atoms with Crippen LogP contribution in [0.5, 0.6) is 0 Å². The maximum atomic E-state index is 12.8. The largest absolute Gasteiger partial charge is 0.334 e. The van der Waals surface area contributed by atoms with Gasteiger partial charge in [0.2, 0.25) is 0 Å². The molecule has 1 aromatic carbocycles. The number of hydrogen-bond donors (Lipinski definition) is 0. The van der Waals surface area contributed by atoms with Gasteiger partial charge in [0, 0.05) is 17.6 Å². The Morgan fingerprint density at radius 3 is 2.52 bits per heavy atom. The highest BCUT2D eigenvalue weighted by Gasteiger charge is 2.47. The number of carbonyl (C=O) groups is 3. The molecule has 1 saturated carbocycles. The lowest BCUT2D eigenvalue weighted by molar-refractivity contribution is -0.144. The number of imide groups is 2. The van der Waals surface area contributed by atoms with Gasteiger partial charge < -0.3 is 0 Å². The molecule has 25 heavy (non-hydrogen) atoms. The lowest BCUT2D eigenvalue weighted by atomic mass is 9.94. The van der Waals surface area contributed by atoms with E-state index < -0.39 is 17.8 Å². The Morgan fingerprint density at radius 2 is 1.72 bits per heavy atom. The number of para-hydroxylation sites is 1. The topological polar surface area (TPSA) is 70.6 Å². The molecule has 2 aliphatic rings. The van der Waals surface area contributed by atoms with Gasteiger partial charge in [-0.2, -0.15) is 0 Å². The van der Waals surface area contributed by atoms with Gasteiger partial charge in [0.25, 0.3) is 0 Å². The number of rotatable bonds is 3. The number of carbonyl (C=O) groups excluding carboxylic acids is 3. The Labute approximate surface area is 145 Å². The first-order chi connectivity index (χ1) is 12.2. The molecule has 2 aromatic rings. The molecule has 1 aliphatic carbocycles. The second-order valence-electron chi connectivity index (χ2n) is 6.63. The minimum atomic E-state index is -0.733. The Kier molecular flexibility index (Phi) is 3.95. The zero-order chi connectivity index (χ0) is 17.4. The molecule has 0 N–H and O–H groups in total. The third-order valence-corrected chi connectivity index (χ3v) is 5.07. The maximum absolute atomic E-state index is 12.8. The minimum Gasteiger partial charge on any atom is -0.263 e. The summed E-state index contributed by atoms with van der Waals surface area (Å²) in [4.78, 5) is 44.1. The molecule has 0 radical (unpaired) electrons. The van der Waals surface area contributed by atoms with Crippen LogP contribution in [0.1, 0.15) is 37.7 Å². The van der Waals surface area contributed by atoms with Crippen molar-refractivity contribution in [3.05, 3.63) is 42.1 Å². The lowest BCUT2D eigenvalue weighted by Gasteiger charge is -2.28. The van der Waals surface area contributed by atoms with Gasteiger partial charge in [0.1, 0.15) is 0 Å². The normalized spacial score (nSPS) is 19.3. The molecular weight excluding hydrogens is 318 g/mol. The molecule has 0 bridgehead atoms. The molecule has 0 unspecified atom stereocenters. The van der Waals surface area contributed by atoms with Crippen molar-refractivity contribution in [1.29, 1.82) is 0 Å². The summed E-state index contributed by atoms with van der Waals surface area (Å²) >= 11 is 0. The fourth-order valence-corrected chi connectivity index (χ4v) is 3.79. The van der Waals surface area contributed by atoms with Crippen LogP contribution >= 0.6 is 0 Å². The lowest BCUT2D eigenvalue weighted by Crippen LogP contribution is -2.42. The summed E-state index contributed by atoms with van der Waals surface area (Å²) in [5, 5.41) is 0.939. The third-order valence-electron chi connectivity index (χ3n) is 5.07. The molecule has 2 heterocycles. The van der Waals surface area contributed by atoms with E-state index in [1.807, 2.05) is 30.3 Å². The summed E-state index contributed by atoms with van der Waals surface area (Å²) < 4.78 is 0. The zero-order valence-corrected chi connectivity index (χ0v) is 13.9. The highest BCUT2D eigenvalue weighted by atomic mass is 16.2. The molecule has 0 atom stereocenters. The summed E-state index contributed by atoms with van der Waals surface area (Å²) in [7, 11) is 0. The Balaban J connectivity index is 1.63. The standard InChI is InChI=1S/C19H19N3O3/c23-17-18(24)22(15-9-2-1-3-10-15)19(25)21(17)12-14-7-4-6-13-8-5-11-20-16(13)14/h4-8,11,15H,1-3,9-10,12H2. The van der Waals surface area contributed by atoms with Crippen LogP contribution in [0, 0.1) is 0 Å². The number of hydrogen-bond acceptors (Lipinski definition) is 4. The monoisotopic (exact) mass is 337 g/mol. The summed E-state index contributed by atoms with van der Waals surface area (Å²) in [5.74, 6) is -1.42. The van der Waals surface area contributed by atoms with Gasteiger partial charge in [-0.05, 0) is 24.5 Å². The van der Waals surface area contributed by atoms with E-state index >= 15 is 0 Å². The van der Waals surface area contributed by atoms with Crippen LogP contribution in [0.2, 0.25) is 0 Å². The van der Waals surface area contributed by atoms with Crippen molar-refractivity contribution < 1.29 is 14.4 Å². The number of nitrogens with zero attached hydrogens (tertiary/aromatic N) is 3. The summed E-state index contributed by atoms with van der Waals surface area (Å²) in [6.45, 7) is 0.0704. The fourth-order valence-electron chi connectivity index (χ4n) is 3.79. The van der Waals surface area contributed by atoms with E-state index in [4.69, 9.17) is 0 Å². The van der Waals surface area contributed by atoms with Gasteiger partial charge in [-0.3, -0.25) is 24.4 Å². The van der Waals surface area contributed by atoms with Crippen LogP contribution in [0.3, 0.4) is 0 Å². The summed E-state index contributed by atoms with van der Waals surface area (Å²) in [6.07, 6.45) is 6.35. The van der Waals surface area contributed by atoms with Gasteiger partial charge >= 0.3 is 17.8 Å². The molecule has 0 spiro atoms. The third kappa shape index (κ3) is 2.67. The summed E-state index contributed by atoms with van der Waals surface area (Å²) in [6, 6.07) is 8.77. The van der Waals surface area contributed by atoms with Crippen molar-refractivity contribution in [1.82, 2.24) is 14.8 Å². The van der Waals surface area contributed by atoms with Gasteiger partial charge in [0.15, 0.2) is 0 Å². The number of aromatic nitrogens is 1. The second-order valence-corrected chi connectivity index (χ2v) is 6.63. The molecule has 4 rings (SSSR count). The molecule has 4 amide bonds. The van der Waals surface area contributed by atoms with E-state index in [0.29, 0.717) is 0 Å². The van der Waals surface area contributed by atoms with Crippen molar-refractivity contribution in [2.24, 2.45) is 0 Å². The van der Waals surface area contributed by atoms with Crippen LogP contribution < -0.4 is 0 Å².